The molecule has 1 heterocycles. The summed E-state index contributed by atoms with van der Waals surface area (Å²) in [7, 11) is -5.71. The van der Waals surface area contributed by atoms with Gasteiger partial charge in [0.1, 0.15) is 11.0 Å². The van der Waals surface area contributed by atoms with E-state index in [1.807, 2.05) is 0 Å². The zero-order valence-electron chi connectivity index (χ0n) is 11.8. The van der Waals surface area contributed by atoms with Gasteiger partial charge in [-0.25, -0.2) is 8.42 Å². The largest absolute Gasteiger partial charge is 0.419 e. The Hall–Kier alpha value is -1.25. The van der Waals surface area contributed by atoms with Crippen LogP contribution in [0.5, 0.6) is 0 Å². The van der Waals surface area contributed by atoms with Crippen molar-refractivity contribution < 1.29 is 26.0 Å². The molecule has 1 aromatic heterocycles. The topological polar surface area (TPSA) is 86.6 Å². The van der Waals surface area contributed by atoms with Gasteiger partial charge < -0.3 is 0 Å². The summed E-state index contributed by atoms with van der Waals surface area (Å²) in [5.74, 6) is 0. The lowest BCUT2D eigenvalue weighted by Gasteiger charge is -2.21. The van der Waals surface area contributed by atoms with Crippen LogP contribution < -0.4 is 0 Å². The molecule has 26 heavy (non-hydrogen) atoms. The van der Waals surface area contributed by atoms with Crippen molar-refractivity contribution in [1.82, 2.24) is 10.2 Å². The van der Waals surface area contributed by atoms with Crippen LogP contribution in [0.25, 0.3) is 11.1 Å². The molecule has 0 saturated heterocycles. The minimum atomic E-state index is -5.71. The van der Waals surface area contributed by atoms with Gasteiger partial charge in [-0.3, -0.25) is 5.10 Å². The normalized spacial score (nSPS) is 12.9. The first-order valence-electron chi connectivity index (χ1n) is 6.07. The molecule has 1 aromatic carbocycles. The second kappa shape index (κ2) is 6.73. The Labute approximate surface area is 163 Å². The van der Waals surface area contributed by atoms with Crippen LogP contribution in [0.3, 0.4) is 0 Å². The fraction of sp³-hybridized carbons (Fsp3) is 0.167. The molecule has 14 heteroatoms. The van der Waals surface area contributed by atoms with Gasteiger partial charge >= 0.3 is 10.1 Å². The summed E-state index contributed by atoms with van der Waals surface area (Å²) >= 11 is 21.5. The monoisotopic (exact) mass is 469 g/mol. The van der Waals surface area contributed by atoms with Crippen LogP contribution in [-0.4, -0.2) is 22.5 Å². The van der Waals surface area contributed by atoms with Crippen molar-refractivity contribution in [2.75, 3.05) is 0 Å². The molecule has 1 N–H and O–H groups in total. The third-order valence-electron chi connectivity index (χ3n) is 3.09. The maximum Gasteiger partial charge on any atom is 0.419 e. The van der Waals surface area contributed by atoms with Crippen molar-refractivity contribution in [3.8, 4) is 17.2 Å². The second-order valence-corrected chi connectivity index (χ2v) is 9.04. The molecular weight excluding hydrogens is 468 g/mol. The molecule has 0 amide bonds. The quantitative estimate of drug-likeness (QED) is 0.499. The van der Waals surface area contributed by atoms with Crippen LogP contribution in [0.15, 0.2) is 17.3 Å². The van der Waals surface area contributed by atoms with Crippen LogP contribution in [0, 0.1) is 11.3 Å². The van der Waals surface area contributed by atoms with Gasteiger partial charge in [0, 0.05) is 17.3 Å². The predicted molar refractivity (Wildman–Crippen MR) is 86.5 cm³/mol. The molecule has 0 radical (unpaired) electrons. The molecule has 140 valence electrons. The summed E-state index contributed by atoms with van der Waals surface area (Å²) in [6, 6.07) is 1.15. The van der Waals surface area contributed by atoms with E-state index >= 15 is 0 Å². The average molecular weight is 471 g/mol. The Morgan fingerprint density at radius 3 is 2.12 bits per heavy atom. The van der Waals surface area contributed by atoms with E-state index < -0.39 is 51.6 Å². The lowest BCUT2D eigenvalue weighted by molar-refractivity contribution is -0.140. The number of nitrogens with one attached hydrogen (secondary N) is 1. The summed E-state index contributed by atoms with van der Waals surface area (Å²) in [5.41, 5.74) is -3.93. The molecule has 5 nitrogen and oxygen atoms in total. The van der Waals surface area contributed by atoms with Crippen LogP contribution in [0.2, 0.25) is 10.0 Å². The molecule has 0 saturated carbocycles. The van der Waals surface area contributed by atoms with Crippen molar-refractivity contribution in [3.05, 3.63) is 33.6 Å². The van der Waals surface area contributed by atoms with E-state index in [9.17, 15) is 26.0 Å². The summed E-state index contributed by atoms with van der Waals surface area (Å²) in [5, 5.41) is 13.0. The zero-order valence-corrected chi connectivity index (χ0v) is 15.6. The number of hydrogen-bond donors (Lipinski definition) is 1. The highest BCUT2D eigenvalue weighted by molar-refractivity contribution is 7.95. The third kappa shape index (κ3) is 3.34. The summed E-state index contributed by atoms with van der Waals surface area (Å²) in [6.07, 6.45) is -3.29. The Kier molecular flexibility index (Phi) is 5.45. The minimum absolute atomic E-state index is 0.0599. The number of benzene rings is 1. The average Bonchev–Trinajstić information content (AvgIpc) is 2.98. The molecule has 0 spiro atoms. The molecule has 0 aliphatic heterocycles. The van der Waals surface area contributed by atoms with Gasteiger partial charge in [0.2, 0.25) is 9.84 Å². The van der Waals surface area contributed by atoms with Crippen molar-refractivity contribution in [2.24, 2.45) is 0 Å². The van der Waals surface area contributed by atoms with Gasteiger partial charge in [0.15, 0.2) is 0 Å². The molecule has 0 unspecified atom stereocenters. The fourth-order valence-corrected chi connectivity index (χ4v) is 4.56. The first-order chi connectivity index (χ1) is 11.7. The number of alkyl halides is 6. The number of aromatic nitrogens is 2. The van der Waals surface area contributed by atoms with Crippen LogP contribution in [0.4, 0.5) is 17.6 Å². The van der Waals surface area contributed by atoms with Gasteiger partial charge in [0.25, 0.3) is 0 Å². The lowest BCUT2D eigenvalue weighted by Crippen LogP contribution is -2.26. The van der Waals surface area contributed by atoms with Crippen LogP contribution in [-0.2, 0) is 16.0 Å². The molecule has 0 bridgehead atoms. The van der Waals surface area contributed by atoms with E-state index in [1.54, 1.807) is 0 Å². The number of sulfone groups is 1. The Morgan fingerprint density at radius 2 is 1.73 bits per heavy atom. The Morgan fingerprint density at radius 1 is 1.15 bits per heavy atom. The van der Waals surface area contributed by atoms with E-state index in [2.05, 4.69) is 10.2 Å². The number of rotatable bonds is 3. The zero-order chi connectivity index (χ0) is 20.1. The van der Waals surface area contributed by atoms with E-state index in [4.69, 9.17) is 51.7 Å². The Balaban J connectivity index is 3.17. The maximum atomic E-state index is 13.8. The highest BCUT2D eigenvalue weighted by Crippen LogP contribution is 2.51. The van der Waals surface area contributed by atoms with Crippen molar-refractivity contribution in [1.29, 1.82) is 5.26 Å². The highest BCUT2D eigenvalue weighted by Gasteiger charge is 2.51. The van der Waals surface area contributed by atoms with Crippen molar-refractivity contribution >= 4 is 56.2 Å². The van der Waals surface area contributed by atoms with E-state index in [0.717, 1.165) is 18.5 Å². The van der Waals surface area contributed by atoms with Gasteiger partial charge in [-0.1, -0.05) is 23.2 Å². The van der Waals surface area contributed by atoms with Crippen LogP contribution in [0.1, 0.15) is 11.1 Å². The highest BCUT2D eigenvalue weighted by atomic mass is 35.5. The molecule has 0 fully saturated rings. The summed E-state index contributed by atoms with van der Waals surface area (Å²) in [6.45, 7) is 0. The van der Waals surface area contributed by atoms with E-state index in [1.165, 1.54) is 0 Å². The minimum Gasteiger partial charge on any atom is -0.285 e. The number of H-pyrrole nitrogens is 1. The van der Waals surface area contributed by atoms with E-state index in [-0.39, 0.29) is 5.56 Å². The first kappa shape index (κ1) is 21.1. The third-order valence-corrected chi connectivity index (χ3v) is 6.73. The molecule has 0 aliphatic rings. The molecule has 0 atom stereocenters. The second-order valence-electron chi connectivity index (χ2n) is 4.63. The molecule has 2 rings (SSSR count). The first-order valence-corrected chi connectivity index (χ1v) is 9.07. The number of aromatic amines is 1. The fourth-order valence-electron chi connectivity index (χ4n) is 2.05. The predicted octanol–water partition coefficient (Wildman–Crippen LogP) is 5.11. The summed E-state index contributed by atoms with van der Waals surface area (Å²) in [4.78, 5) is -1.81. The van der Waals surface area contributed by atoms with Gasteiger partial charge in [-0.2, -0.15) is 27.9 Å². The summed E-state index contributed by atoms with van der Waals surface area (Å²) < 4.78 is 74.6. The SMILES string of the molecule is N#Cc1c(Cl)c(-c2cn[nH]c2)c(Cl)c(S(=O)(=O)C(F)(Cl)Cl)c1C(F)(F)F. The molecular formula is C12H3Cl4F4N3O2S. The van der Waals surface area contributed by atoms with Gasteiger partial charge in [-0.05, 0) is 23.2 Å². The Bertz CT molecular complexity index is 1010. The molecule has 2 aromatic rings. The smallest absolute Gasteiger partial charge is 0.285 e. The standard InChI is InChI=1S/C12H3Cl4F4N3O2S/c13-8-5(1-21)7(11(17,18)19)10(26(24,25)12(15,16)20)9(14)6(8)4-2-22-23-3-4/h2-3H,(H,22,23). The van der Waals surface area contributed by atoms with E-state index in [0.29, 0.717) is 0 Å². The van der Waals surface area contributed by atoms with Crippen LogP contribution >= 0.6 is 46.4 Å². The van der Waals surface area contributed by atoms with Gasteiger partial charge in [-0.15, -0.1) is 0 Å². The number of hydrogen-bond acceptors (Lipinski definition) is 4. The molecule has 0 aliphatic carbocycles. The maximum absolute atomic E-state index is 13.8. The van der Waals surface area contributed by atoms with Gasteiger partial charge in [0.05, 0.1) is 27.4 Å². The van der Waals surface area contributed by atoms with Crippen molar-refractivity contribution in [3.63, 3.8) is 0 Å². The number of nitriles is 1. The lowest BCUT2D eigenvalue weighted by atomic mass is 10.0. The number of halogens is 8. The van der Waals surface area contributed by atoms with Crippen molar-refractivity contribution in [2.45, 2.75) is 15.0 Å². The number of nitrogens with zero attached hydrogens (tertiary/aromatic N) is 2.